The first-order valence-electron chi connectivity index (χ1n) is 4.20. The highest BCUT2D eigenvalue weighted by Gasteiger charge is 2.33. The van der Waals surface area contributed by atoms with Crippen molar-refractivity contribution in [3.8, 4) is 0 Å². The Bertz CT molecular complexity index is 215. The lowest BCUT2D eigenvalue weighted by Gasteiger charge is -2.11. The molecule has 1 saturated carbocycles. The van der Waals surface area contributed by atoms with E-state index in [1.807, 2.05) is 0 Å². The number of hydrogen-bond acceptors (Lipinski definition) is 1. The molecule has 0 N–H and O–H groups in total. The standard InChI is InChI=1S/C10H12O/c11-5-1-2-9-6-8-3-4-10(9)7-8/h1-5,8-10H,6-7H2/b2-1+. The fourth-order valence-electron chi connectivity index (χ4n) is 2.23. The van der Waals surface area contributed by atoms with E-state index in [9.17, 15) is 4.79 Å². The molecule has 2 aliphatic carbocycles. The average molecular weight is 148 g/mol. The van der Waals surface area contributed by atoms with Crippen LogP contribution in [0.2, 0.25) is 0 Å². The van der Waals surface area contributed by atoms with Gasteiger partial charge in [0.15, 0.2) is 0 Å². The second-order valence-electron chi connectivity index (χ2n) is 3.47. The first-order chi connectivity index (χ1) is 5.40. The van der Waals surface area contributed by atoms with E-state index < -0.39 is 0 Å². The number of aldehydes is 1. The van der Waals surface area contributed by atoms with Crippen LogP contribution in [0.25, 0.3) is 0 Å². The zero-order chi connectivity index (χ0) is 7.68. The predicted octanol–water partition coefficient (Wildman–Crippen LogP) is 1.95. The molecule has 0 saturated heterocycles. The number of fused-ring (bicyclic) bond motifs is 2. The van der Waals surface area contributed by atoms with Gasteiger partial charge in [-0.05, 0) is 36.7 Å². The minimum Gasteiger partial charge on any atom is -0.299 e. The molecule has 58 valence electrons. The van der Waals surface area contributed by atoms with Gasteiger partial charge in [0.05, 0.1) is 0 Å². The number of carbonyl (C=O) groups is 1. The van der Waals surface area contributed by atoms with Gasteiger partial charge in [-0.15, -0.1) is 0 Å². The molecular formula is C10H12O. The molecule has 3 unspecified atom stereocenters. The molecule has 0 aromatic rings. The van der Waals surface area contributed by atoms with Crippen LogP contribution in [-0.4, -0.2) is 6.29 Å². The fraction of sp³-hybridized carbons (Fsp3) is 0.500. The van der Waals surface area contributed by atoms with E-state index in [-0.39, 0.29) is 0 Å². The van der Waals surface area contributed by atoms with Gasteiger partial charge in [-0.2, -0.15) is 0 Å². The molecule has 11 heavy (non-hydrogen) atoms. The molecule has 1 nitrogen and oxygen atoms in total. The van der Waals surface area contributed by atoms with Crippen LogP contribution in [0.5, 0.6) is 0 Å². The van der Waals surface area contributed by atoms with E-state index >= 15 is 0 Å². The third-order valence-corrected chi connectivity index (χ3v) is 2.77. The van der Waals surface area contributed by atoms with E-state index in [0.29, 0.717) is 5.92 Å². The van der Waals surface area contributed by atoms with Gasteiger partial charge >= 0.3 is 0 Å². The van der Waals surface area contributed by atoms with Crippen LogP contribution in [-0.2, 0) is 4.79 Å². The zero-order valence-electron chi connectivity index (χ0n) is 6.44. The summed E-state index contributed by atoms with van der Waals surface area (Å²) in [5.41, 5.74) is 0. The number of carbonyl (C=O) groups excluding carboxylic acids is 1. The molecule has 0 aromatic heterocycles. The molecule has 2 rings (SSSR count). The van der Waals surface area contributed by atoms with Gasteiger partial charge in [-0.25, -0.2) is 0 Å². The summed E-state index contributed by atoms with van der Waals surface area (Å²) < 4.78 is 0. The summed E-state index contributed by atoms with van der Waals surface area (Å²) in [6.07, 6.45) is 11.7. The Morgan fingerprint density at radius 3 is 2.73 bits per heavy atom. The van der Waals surface area contributed by atoms with Crippen molar-refractivity contribution < 1.29 is 4.79 Å². The molecule has 0 amide bonds. The van der Waals surface area contributed by atoms with Crippen LogP contribution < -0.4 is 0 Å². The van der Waals surface area contributed by atoms with Crippen molar-refractivity contribution in [2.45, 2.75) is 12.8 Å². The van der Waals surface area contributed by atoms with Gasteiger partial charge in [0, 0.05) is 0 Å². The highest BCUT2D eigenvalue weighted by molar-refractivity contribution is 5.64. The molecule has 0 aliphatic heterocycles. The van der Waals surface area contributed by atoms with E-state index in [1.54, 1.807) is 6.08 Å². The smallest absolute Gasteiger partial charge is 0.142 e. The van der Waals surface area contributed by atoms with Gasteiger partial charge < -0.3 is 0 Å². The molecule has 0 radical (unpaired) electrons. The first-order valence-corrected chi connectivity index (χ1v) is 4.20. The lowest BCUT2D eigenvalue weighted by Crippen LogP contribution is -2.02. The summed E-state index contributed by atoms with van der Waals surface area (Å²) in [6, 6.07) is 0. The Balaban J connectivity index is 2.03. The molecule has 1 fully saturated rings. The zero-order valence-corrected chi connectivity index (χ0v) is 6.44. The molecule has 0 aromatic carbocycles. The van der Waals surface area contributed by atoms with Gasteiger partial charge in [-0.1, -0.05) is 18.2 Å². The van der Waals surface area contributed by atoms with Gasteiger partial charge in [0.2, 0.25) is 0 Å². The quantitative estimate of drug-likeness (QED) is 0.332. The Hall–Kier alpha value is -0.850. The Morgan fingerprint density at radius 2 is 2.18 bits per heavy atom. The third-order valence-electron chi connectivity index (χ3n) is 2.77. The van der Waals surface area contributed by atoms with Crippen molar-refractivity contribution in [3.05, 3.63) is 24.3 Å². The van der Waals surface area contributed by atoms with Crippen LogP contribution in [0, 0.1) is 17.8 Å². The van der Waals surface area contributed by atoms with E-state index in [4.69, 9.17) is 0 Å². The lowest BCUT2D eigenvalue weighted by atomic mass is 9.93. The fourth-order valence-corrected chi connectivity index (χ4v) is 2.23. The highest BCUT2D eigenvalue weighted by Crippen LogP contribution is 2.43. The van der Waals surface area contributed by atoms with Crippen LogP contribution in [0.1, 0.15) is 12.8 Å². The number of allylic oxidation sites excluding steroid dienone is 4. The van der Waals surface area contributed by atoms with Gasteiger partial charge in [0.1, 0.15) is 6.29 Å². The largest absolute Gasteiger partial charge is 0.299 e. The maximum atomic E-state index is 10.1. The van der Waals surface area contributed by atoms with Crippen molar-refractivity contribution in [1.29, 1.82) is 0 Å². The SMILES string of the molecule is O=C/C=C/C1CC2C=CC1C2. The second-order valence-corrected chi connectivity index (χ2v) is 3.47. The molecule has 2 bridgehead atoms. The highest BCUT2D eigenvalue weighted by atomic mass is 16.1. The van der Waals surface area contributed by atoms with Crippen molar-refractivity contribution in [3.63, 3.8) is 0 Å². The number of rotatable bonds is 2. The van der Waals surface area contributed by atoms with Crippen molar-refractivity contribution in [1.82, 2.24) is 0 Å². The van der Waals surface area contributed by atoms with Crippen LogP contribution >= 0.6 is 0 Å². The topological polar surface area (TPSA) is 17.1 Å². The van der Waals surface area contributed by atoms with Gasteiger partial charge in [-0.3, -0.25) is 4.79 Å². The minimum atomic E-state index is 0.648. The van der Waals surface area contributed by atoms with Crippen molar-refractivity contribution in [2.24, 2.45) is 17.8 Å². The monoisotopic (exact) mass is 148 g/mol. The average Bonchev–Trinajstić information content (AvgIpc) is 2.60. The van der Waals surface area contributed by atoms with Crippen LogP contribution in [0.15, 0.2) is 24.3 Å². The maximum absolute atomic E-state index is 10.1. The Morgan fingerprint density at radius 1 is 1.27 bits per heavy atom. The lowest BCUT2D eigenvalue weighted by molar-refractivity contribution is -0.104. The molecule has 0 heterocycles. The minimum absolute atomic E-state index is 0.648. The summed E-state index contributed by atoms with van der Waals surface area (Å²) in [4.78, 5) is 10.1. The summed E-state index contributed by atoms with van der Waals surface area (Å²) in [5, 5.41) is 0. The van der Waals surface area contributed by atoms with Crippen LogP contribution in [0.3, 0.4) is 0 Å². The molecular weight excluding hydrogens is 136 g/mol. The first kappa shape index (κ1) is 6.84. The predicted molar refractivity (Wildman–Crippen MR) is 44.0 cm³/mol. The molecule has 3 atom stereocenters. The van der Waals surface area contributed by atoms with E-state index in [0.717, 1.165) is 18.1 Å². The van der Waals surface area contributed by atoms with Crippen molar-refractivity contribution >= 4 is 6.29 Å². The molecule has 1 heteroatoms. The second kappa shape index (κ2) is 2.65. The van der Waals surface area contributed by atoms with Gasteiger partial charge in [0.25, 0.3) is 0 Å². The number of hydrogen-bond donors (Lipinski definition) is 0. The summed E-state index contributed by atoms with van der Waals surface area (Å²) in [6.45, 7) is 0. The van der Waals surface area contributed by atoms with Crippen LogP contribution in [0.4, 0.5) is 0 Å². The summed E-state index contributed by atoms with van der Waals surface area (Å²) in [5.74, 6) is 2.19. The maximum Gasteiger partial charge on any atom is 0.142 e. The Kier molecular flexibility index (Phi) is 1.65. The van der Waals surface area contributed by atoms with Crippen molar-refractivity contribution in [2.75, 3.05) is 0 Å². The normalized spacial score (nSPS) is 40.5. The summed E-state index contributed by atoms with van der Waals surface area (Å²) >= 11 is 0. The molecule has 0 spiro atoms. The van der Waals surface area contributed by atoms with E-state index in [2.05, 4.69) is 18.2 Å². The third kappa shape index (κ3) is 1.15. The summed E-state index contributed by atoms with van der Waals surface area (Å²) in [7, 11) is 0. The Labute approximate surface area is 66.8 Å². The molecule has 2 aliphatic rings. The van der Waals surface area contributed by atoms with E-state index in [1.165, 1.54) is 12.8 Å².